The highest BCUT2D eigenvalue weighted by Gasteiger charge is 2.09. The number of amides is 1. The van der Waals surface area contributed by atoms with Gasteiger partial charge in [0.1, 0.15) is 6.21 Å². The zero-order valence-electron chi connectivity index (χ0n) is 7.17. The van der Waals surface area contributed by atoms with E-state index in [1.165, 1.54) is 0 Å². The molecule has 0 fully saturated rings. The molecular formula is C8H5BrF2N2O2. The van der Waals surface area contributed by atoms with Gasteiger partial charge in [-0.25, -0.2) is 8.78 Å². The molecule has 0 bridgehead atoms. The number of nitrogens with zero attached hydrogens (tertiary/aromatic N) is 1. The Morgan fingerprint density at radius 3 is 2.67 bits per heavy atom. The average Bonchev–Trinajstić information content (AvgIpc) is 2.14. The van der Waals surface area contributed by atoms with Gasteiger partial charge in [0.05, 0.1) is 5.69 Å². The molecule has 0 heterocycles. The molecule has 0 spiro atoms. The highest BCUT2D eigenvalue weighted by molar-refractivity contribution is 9.10. The number of halogens is 3. The van der Waals surface area contributed by atoms with Crippen molar-refractivity contribution >= 4 is 33.7 Å². The fourth-order valence-corrected chi connectivity index (χ4v) is 1.25. The largest absolute Gasteiger partial charge is 0.411 e. The zero-order valence-corrected chi connectivity index (χ0v) is 8.75. The lowest BCUT2D eigenvalue weighted by Crippen LogP contribution is -2.13. The number of oxime groups is 1. The Balaban J connectivity index is 2.95. The summed E-state index contributed by atoms with van der Waals surface area (Å²) in [5, 5.41) is 12.7. The van der Waals surface area contributed by atoms with Crippen LogP contribution in [0.5, 0.6) is 0 Å². The maximum Gasteiger partial charge on any atom is 0.270 e. The maximum absolute atomic E-state index is 12.8. The Morgan fingerprint density at radius 2 is 2.07 bits per heavy atom. The fourth-order valence-electron chi connectivity index (χ4n) is 0.836. The third kappa shape index (κ3) is 2.98. The number of anilines is 1. The standard InChI is InChI=1S/C8H5BrF2N2O2/c9-4-1-5(10)6(11)2-7(4)13-8(14)3-12-15/h1-3,15H,(H,13,14)/b12-3-. The highest BCUT2D eigenvalue weighted by Crippen LogP contribution is 2.24. The Bertz CT molecular complexity index is 423. The lowest BCUT2D eigenvalue weighted by molar-refractivity contribution is -0.110. The van der Waals surface area contributed by atoms with Gasteiger partial charge >= 0.3 is 0 Å². The first kappa shape index (κ1) is 11.6. The van der Waals surface area contributed by atoms with Gasteiger partial charge in [0, 0.05) is 10.5 Å². The minimum atomic E-state index is -1.09. The maximum atomic E-state index is 12.8. The number of benzene rings is 1. The Hall–Kier alpha value is -1.50. The van der Waals surface area contributed by atoms with E-state index in [-0.39, 0.29) is 10.2 Å². The lowest BCUT2D eigenvalue weighted by atomic mass is 10.3. The van der Waals surface area contributed by atoms with E-state index in [1.54, 1.807) is 0 Å². The zero-order chi connectivity index (χ0) is 11.4. The topological polar surface area (TPSA) is 61.7 Å². The van der Waals surface area contributed by atoms with Gasteiger partial charge in [-0.1, -0.05) is 5.16 Å². The molecule has 0 atom stereocenters. The minimum absolute atomic E-state index is 0.0406. The van der Waals surface area contributed by atoms with E-state index in [0.29, 0.717) is 6.21 Å². The Kier molecular flexibility index (Phi) is 3.73. The van der Waals surface area contributed by atoms with Crippen molar-refractivity contribution in [2.75, 3.05) is 5.32 Å². The number of carbonyl (C=O) groups is 1. The first-order valence-electron chi connectivity index (χ1n) is 3.67. The van der Waals surface area contributed by atoms with Crippen LogP contribution < -0.4 is 5.32 Å². The highest BCUT2D eigenvalue weighted by atomic mass is 79.9. The first-order chi connectivity index (χ1) is 7.04. The van der Waals surface area contributed by atoms with Crippen molar-refractivity contribution in [1.82, 2.24) is 0 Å². The summed E-state index contributed by atoms with van der Waals surface area (Å²) in [7, 11) is 0. The van der Waals surface area contributed by atoms with E-state index in [9.17, 15) is 13.6 Å². The first-order valence-corrected chi connectivity index (χ1v) is 4.47. The summed E-state index contributed by atoms with van der Waals surface area (Å²) in [6.45, 7) is 0. The van der Waals surface area contributed by atoms with Crippen LogP contribution in [0.25, 0.3) is 0 Å². The van der Waals surface area contributed by atoms with Gasteiger partial charge in [0.2, 0.25) is 0 Å². The fraction of sp³-hybridized carbons (Fsp3) is 0. The molecule has 0 aliphatic heterocycles. The monoisotopic (exact) mass is 278 g/mol. The Labute approximate surface area is 91.7 Å². The summed E-state index contributed by atoms with van der Waals surface area (Å²) in [4.78, 5) is 10.9. The van der Waals surface area contributed by atoms with Crippen LogP contribution in [0, 0.1) is 11.6 Å². The molecule has 15 heavy (non-hydrogen) atoms. The molecule has 4 nitrogen and oxygen atoms in total. The van der Waals surface area contributed by atoms with Crippen molar-refractivity contribution < 1.29 is 18.8 Å². The molecule has 0 aromatic heterocycles. The summed E-state index contributed by atoms with van der Waals surface area (Å²) in [5.74, 6) is -2.88. The number of rotatable bonds is 2. The van der Waals surface area contributed by atoms with Crippen molar-refractivity contribution in [3.05, 3.63) is 28.2 Å². The van der Waals surface area contributed by atoms with E-state index >= 15 is 0 Å². The smallest absolute Gasteiger partial charge is 0.270 e. The average molecular weight is 279 g/mol. The predicted molar refractivity (Wildman–Crippen MR) is 53.0 cm³/mol. The minimum Gasteiger partial charge on any atom is -0.411 e. The summed E-state index contributed by atoms with van der Waals surface area (Å²) >= 11 is 2.93. The van der Waals surface area contributed by atoms with Gasteiger partial charge in [-0.2, -0.15) is 0 Å². The predicted octanol–water partition coefficient (Wildman–Crippen LogP) is 2.13. The molecule has 0 radical (unpaired) electrons. The quantitative estimate of drug-likeness (QED) is 0.377. The van der Waals surface area contributed by atoms with Gasteiger partial charge in [-0.15, -0.1) is 0 Å². The van der Waals surface area contributed by atoms with Crippen LogP contribution in [0.4, 0.5) is 14.5 Å². The number of nitrogens with one attached hydrogen (secondary N) is 1. The normalized spacial score (nSPS) is 10.6. The molecule has 1 aromatic rings. The second kappa shape index (κ2) is 4.83. The van der Waals surface area contributed by atoms with E-state index in [4.69, 9.17) is 5.21 Å². The van der Waals surface area contributed by atoms with Crippen molar-refractivity contribution in [2.24, 2.45) is 5.16 Å². The number of hydrogen-bond acceptors (Lipinski definition) is 3. The molecule has 0 aliphatic rings. The van der Waals surface area contributed by atoms with Gasteiger partial charge in [0.15, 0.2) is 11.6 Å². The molecule has 1 aromatic carbocycles. The summed E-state index contributed by atoms with van der Waals surface area (Å²) in [6, 6.07) is 1.68. The molecule has 1 amide bonds. The molecular weight excluding hydrogens is 274 g/mol. The van der Waals surface area contributed by atoms with E-state index in [2.05, 4.69) is 26.4 Å². The van der Waals surface area contributed by atoms with E-state index < -0.39 is 17.5 Å². The number of hydrogen-bond donors (Lipinski definition) is 2. The summed E-state index contributed by atoms with van der Waals surface area (Å²) < 4.78 is 25.6. The summed E-state index contributed by atoms with van der Waals surface area (Å²) in [5.41, 5.74) is 0.0406. The number of carbonyl (C=O) groups excluding carboxylic acids is 1. The molecule has 1 rings (SSSR count). The van der Waals surface area contributed by atoms with Gasteiger partial charge in [-0.3, -0.25) is 4.79 Å². The van der Waals surface area contributed by atoms with Crippen molar-refractivity contribution in [3.8, 4) is 0 Å². The molecule has 7 heteroatoms. The van der Waals surface area contributed by atoms with Gasteiger partial charge < -0.3 is 10.5 Å². The van der Waals surface area contributed by atoms with Crippen LogP contribution in [-0.2, 0) is 4.79 Å². The molecule has 0 unspecified atom stereocenters. The van der Waals surface area contributed by atoms with E-state index in [0.717, 1.165) is 12.1 Å². The van der Waals surface area contributed by atoms with Crippen molar-refractivity contribution in [1.29, 1.82) is 0 Å². The van der Waals surface area contributed by atoms with Crippen LogP contribution in [0.2, 0.25) is 0 Å². The molecule has 0 aliphatic carbocycles. The molecule has 80 valence electrons. The third-order valence-corrected chi connectivity index (χ3v) is 2.10. The van der Waals surface area contributed by atoms with Crippen LogP contribution in [0.3, 0.4) is 0 Å². The molecule has 0 saturated heterocycles. The molecule has 0 saturated carbocycles. The van der Waals surface area contributed by atoms with Gasteiger partial charge in [0.25, 0.3) is 5.91 Å². The van der Waals surface area contributed by atoms with Crippen molar-refractivity contribution in [2.45, 2.75) is 0 Å². The van der Waals surface area contributed by atoms with Crippen LogP contribution in [0.15, 0.2) is 21.8 Å². The second-order valence-corrected chi connectivity index (χ2v) is 3.33. The lowest BCUT2D eigenvalue weighted by Gasteiger charge is -2.05. The van der Waals surface area contributed by atoms with Crippen LogP contribution in [0.1, 0.15) is 0 Å². The second-order valence-electron chi connectivity index (χ2n) is 2.48. The van der Waals surface area contributed by atoms with E-state index in [1.807, 2.05) is 0 Å². The van der Waals surface area contributed by atoms with Gasteiger partial charge in [-0.05, 0) is 22.0 Å². The third-order valence-electron chi connectivity index (χ3n) is 1.44. The van der Waals surface area contributed by atoms with Crippen molar-refractivity contribution in [3.63, 3.8) is 0 Å². The van der Waals surface area contributed by atoms with Crippen LogP contribution in [-0.4, -0.2) is 17.3 Å². The summed E-state index contributed by atoms with van der Waals surface area (Å²) in [6.07, 6.45) is 0.591. The van der Waals surface area contributed by atoms with Crippen LogP contribution >= 0.6 is 15.9 Å². The molecule has 2 N–H and O–H groups in total. The SMILES string of the molecule is O=C(/C=N\O)Nc1cc(F)c(F)cc1Br. The Morgan fingerprint density at radius 1 is 1.47 bits per heavy atom.